The quantitative estimate of drug-likeness (QED) is 0.847. The fourth-order valence-corrected chi connectivity index (χ4v) is 2.78. The molecule has 0 N–H and O–H groups in total. The Kier molecular flexibility index (Phi) is 4.15. The highest BCUT2D eigenvalue weighted by Crippen LogP contribution is 2.23. The maximum Gasteiger partial charge on any atom is 0.133 e. The summed E-state index contributed by atoms with van der Waals surface area (Å²) >= 11 is 0. The standard InChI is InChI=1S/C18H21F2N3/c1-18(2,3)17-21-9-13-11-23(7-6-16(13)22-17)10-12-8-14(19)4-5-15(12)20/h4-5,8-9H,6-7,10-11H2,1-3H3. The molecule has 0 unspecified atom stereocenters. The molecule has 0 atom stereocenters. The fraction of sp³-hybridized carbons (Fsp3) is 0.444. The van der Waals surface area contributed by atoms with Gasteiger partial charge in [0.1, 0.15) is 17.5 Å². The molecular formula is C18H21F2N3. The molecule has 1 aliphatic rings. The van der Waals surface area contributed by atoms with Gasteiger partial charge in [0, 0.05) is 54.5 Å². The first kappa shape index (κ1) is 16.0. The summed E-state index contributed by atoms with van der Waals surface area (Å²) in [7, 11) is 0. The molecule has 0 spiro atoms. The maximum atomic E-state index is 13.8. The molecule has 0 bridgehead atoms. The van der Waals surface area contributed by atoms with Crippen molar-refractivity contribution >= 4 is 0 Å². The molecule has 23 heavy (non-hydrogen) atoms. The molecule has 1 aromatic carbocycles. The third-order valence-corrected chi connectivity index (χ3v) is 4.09. The molecule has 3 nitrogen and oxygen atoms in total. The predicted octanol–water partition coefficient (Wildman–Crippen LogP) is 3.61. The van der Waals surface area contributed by atoms with Crippen LogP contribution in [0, 0.1) is 11.6 Å². The zero-order chi connectivity index (χ0) is 16.6. The van der Waals surface area contributed by atoms with Crippen LogP contribution in [0.5, 0.6) is 0 Å². The largest absolute Gasteiger partial charge is 0.294 e. The van der Waals surface area contributed by atoms with Crippen molar-refractivity contribution in [3.63, 3.8) is 0 Å². The predicted molar refractivity (Wildman–Crippen MR) is 84.9 cm³/mol. The average molecular weight is 317 g/mol. The number of rotatable bonds is 2. The lowest BCUT2D eigenvalue weighted by molar-refractivity contribution is 0.238. The normalized spacial score (nSPS) is 15.5. The van der Waals surface area contributed by atoms with E-state index >= 15 is 0 Å². The molecule has 0 fully saturated rings. The van der Waals surface area contributed by atoms with E-state index in [1.165, 1.54) is 12.1 Å². The topological polar surface area (TPSA) is 29.0 Å². The average Bonchev–Trinajstić information content (AvgIpc) is 2.49. The summed E-state index contributed by atoms with van der Waals surface area (Å²) in [5.74, 6) is 0.0781. The lowest BCUT2D eigenvalue weighted by atomic mass is 9.95. The van der Waals surface area contributed by atoms with Gasteiger partial charge in [0.05, 0.1) is 0 Å². The van der Waals surface area contributed by atoms with Gasteiger partial charge in [-0.1, -0.05) is 20.8 Å². The van der Waals surface area contributed by atoms with E-state index in [4.69, 9.17) is 0 Å². The van der Waals surface area contributed by atoms with Crippen molar-refractivity contribution in [2.45, 2.75) is 45.7 Å². The summed E-state index contributed by atoms with van der Waals surface area (Å²) < 4.78 is 27.1. The Morgan fingerprint density at radius 3 is 2.74 bits per heavy atom. The summed E-state index contributed by atoms with van der Waals surface area (Å²) in [6, 6.07) is 3.59. The first-order chi connectivity index (χ1) is 10.8. The highest BCUT2D eigenvalue weighted by molar-refractivity contribution is 5.24. The highest BCUT2D eigenvalue weighted by atomic mass is 19.1. The summed E-state index contributed by atoms with van der Waals surface area (Å²) in [6.07, 6.45) is 2.68. The van der Waals surface area contributed by atoms with Crippen molar-refractivity contribution in [3.8, 4) is 0 Å². The summed E-state index contributed by atoms with van der Waals surface area (Å²) in [4.78, 5) is 11.2. The van der Waals surface area contributed by atoms with E-state index in [0.29, 0.717) is 18.7 Å². The van der Waals surface area contributed by atoms with E-state index in [1.54, 1.807) is 0 Å². The summed E-state index contributed by atoms with van der Waals surface area (Å²) in [5.41, 5.74) is 2.46. The molecule has 0 aliphatic carbocycles. The van der Waals surface area contributed by atoms with Crippen LogP contribution in [0.4, 0.5) is 8.78 Å². The van der Waals surface area contributed by atoms with Crippen LogP contribution >= 0.6 is 0 Å². The Bertz CT molecular complexity index is 723. The van der Waals surface area contributed by atoms with Gasteiger partial charge in [0.2, 0.25) is 0 Å². The van der Waals surface area contributed by atoms with Gasteiger partial charge in [-0.25, -0.2) is 18.7 Å². The van der Waals surface area contributed by atoms with E-state index in [-0.39, 0.29) is 11.2 Å². The molecule has 122 valence electrons. The number of benzene rings is 1. The van der Waals surface area contributed by atoms with Gasteiger partial charge in [0.25, 0.3) is 0 Å². The Hall–Kier alpha value is -1.88. The van der Waals surface area contributed by atoms with Gasteiger partial charge in [-0.3, -0.25) is 4.90 Å². The Balaban J connectivity index is 1.77. The molecule has 0 amide bonds. The van der Waals surface area contributed by atoms with Crippen LogP contribution in [0.1, 0.15) is 43.4 Å². The van der Waals surface area contributed by atoms with Crippen molar-refractivity contribution in [1.29, 1.82) is 0 Å². The molecule has 0 saturated heterocycles. The molecule has 0 radical (unpaired) electrons. The second kappa shape index (κ2) is 5.96. The number of fused-ring (bicyclic) bond motifs is 1. The molecule has 3 rings (SSSR count). The summed E-state index contributed by atoms with van der Waals surface area (Å²) in [6.45, 7) is 8.12. The fourth-order valence-electron chi connectivity index (χ4n) is 2.78. The monoisotopic (exact) mass is 317 g/mol. The van der Waals surface area contributed by atoms with Crippen molar-refractivity contribution in [2.75, 3.05) is 6.54 Å². The Morgan fingerprint density at radius 2 is 2.00 bits per heavy atom. The van der Waals surface area contributed by atoms with Crippen LogP contribution < -0.4 is 0 Å². The van der Waals surface area contributed by atoms with E-state index in [2.05, 4.69) is 35.6 Å². The number of aromatic nitrogens is 2. The van der Waals surface area contributed by atoms with Crippen molar-refractivity contribution in [2.24, 2.45) is 0 Å². The number of nitrogens with zero attached hydrogens (tertiary/aromatic N) is 3. The van der Waals surface area contributed by atoms with E-state index in [0.717, 1.165) is 36.1 Å². The summed E-state index contributed by atoms with van der Waals surface area (Å²) in [5, 5.41) is 0. The zero-order valence-corrected chi connectivity index (χ0v) is 13.7. The van der Waals surface area contributed by atoms with Gasteiger partial charge >= 0.3 is 0 Å². The first-order valence-electron chi connectivity index (χ1n) is 7.84. The molecule has 2 heterocycles. The molecule has 1 aliphatic heterocycles. The minimum Gasteiger partial charge on any atom is -0.294 e. The van der Waals surface area contributed by atoms with Gasteiger partial charge in [-0.15, -0.1) is 0 Å². The van der Waals surface area contributed by atoms with Crippen LogP contribution in [0.3, 0.4) is 0 Å². The smallest absolute Gasteiger partial charge is 0.133 e. The van der Waals surface area contributed by atoms with Crippen molar-refractivity contribution < 1.29 is 8.78 Å². The molecular weight excluding hydrogens is 296 g/mol. The molecule has 5 heteroatoms. The molecule has 0 saturated carbocycles. The lowest BCUT2D eigenvalue weighted by Crippen LogP contribution is -2.32. The van der Waals surface area contributed by atoms with Gasteiger partial charge in [0.15, 0.2) is 0 Å². The Morgan fingerprint density at radius 1 is 1.22 bits per heavy atom. The van der Waals surface area contributed by atoms with Gasteiger partial charge in [-0.2, -0.15) is 0 Å². The Labute approximate surface area is 135 Å². The van der Waals surface area contributed by atoms with Crippen molar-refractivity contribution in [1.82, 2.24) is 14.9 Å². The SMILES string of the molecule is CC(C)(C)c1ncc2c(n1)CCN(Cc1cc(F)ccc1F)C2. The van der Waals surface area contributed by atoms with Crippen LogP contribution in [-0.4, -0.2) is 21.4 Å². The van der Waals surface area contributed by atoms with Crippen LogP contribution in [0.2, 0.25) is 0 Å². The van der Waals surface area contributed by atoms with Gasteiger partial charge in [-0.05, 0) is 18.2 Å². The number of halogens is 2. The zero-order valence-electron chi connectivity index (χ0n) is 13.7. The first-order valence-corrected chi connectivity index (χ1v) is 7.84. The van der Waals surface area contributed by atoms with Crippen molar-refractivity contribution in [3.05, 3.63) is 58.7 Å². The highest BCUT2D eigenvalue weighted by Gasteiger charge is 2.23. The lowest BCUT2D eigenvalue weighted by Gasteiger charge is -2.29. The molecule has 1 aromatic heterocycles. The van der Waals surface area contributed by atoms with E-state index in [1.807, 2.05) is 6.20 Å². The van der Waals surface area contributed by atoms with E-state index in [9.17, 15) is 8.78 Å². The third-order valence-electron chi connectivity index (χ3n) is 4.09. The third kappa shape index (κ3) is 3.55. The van der Waals surface area contributed by atoms with Crippen LogP contribution in [0.25, 0.3) is 0 Å². The maximum absolute atomic E-state index is 13.8. The minimum atomic E-state index is -0.406. The minimum absolute atomic E-state index is 0.0726. The second-order valence-electron chi connectivity index (χ2n) is 7.11. The van der Waals surface area contributed by atoms with Gasteiger partial charge < -0.3 is 0 Å². The van der Waals surface area contributed by atoms with Crippen LogP contribution in [0.15, 0.2) is 24.4 Å². The number of hydrogen-bond donors (Lipinski definition) is 0. The van der Waals surface area contributed by atoms with E-state index < -0.39 is 5.82 Å². The second-order valence-corrected chi connectivity index (χ2v) is 7.11. The van der Waals surface area contributed by atoms with Crippen LogP contribution in [-0.2, 0) is 24.9 Å². The molecule has 2 aromatic rings. The number of hydrogen-bond acceptors (Lipinski definition) is 3.